The molecule has 0 aromatic heterocycles. The van der Waals surface area contributed by atoms with Crippen molar-refractivity contribution in [3.63, 3.8) is 0 Å². The van der Waals surface area contributed by atoms with E-state index in [2.05, 4.69) is 5.32 Å². The lowest BCUT2D eigenvalue weighted by Gasteiger charge is -2.50. The van der Waals surface area contributed by atoms with Crippen LogP contribution in [0.25, 0.3) is 0 Å². The smallest absolute Gasteiger partial charge is 0.417 e. The first-order valence-corrected chi connectivity index (χ1v) is 14.0. The number of likely N-dealkylation sites (tertiary alicyclic amines) is 1. The molecule has 5 rings (SSSR count). The SMILES string of the molecule is CC(=O)N[C@H]1CCN(Cc2cc(O)c3c(c2C(F)(F)F)C[C@H]2C[C@H]4[C@H](N(C)C)C(O)=C(C(N)=O)C(=O)[C@@]4(O)C(O)=C2C3=O)C1. The van der Waals surface area contributed by atoms with Gasteiger partial charge < -0.3 is 31.5 Å². The van der Waals surface area contributed by atoms with E-state index < -0.39 is 98.7 Å². The highest BCUT2D eigenvalue weighted by molar-refractivity contribution is 6.24. The van der Waals surface area contributed by atoms with Gasteiger partial charge in [0.25, 0.3) is 5.91 Å². The van der Waals surface area contributed by atoms with Gasteiger partial charge in [0, 0.05) is 44.1 Å². The highest BCUT2D eigenvalue weighted by atomic mass is 19.4. The fourth-order valence-corrected chi connectivity index (χ4v) is 7.49. The van der Waals surface area contributed by atoms with E-state index in [0.717, 1.165) is 6.07 Å². The van der Waals surface area contributed by atoms with Crippen LogP contribution in [-0.4, -0.2) is 98.5 Å². The van der Waals surface area contributed by atoms with Crippen LogP contribution in [0.2, 0.25) is 0 Å². The molecule has 1 aliphatic heterocycles. The van der Waals surface area contributed by atoms with Gasteiger partial charge in [-0.1, -0.05) is 0 Å². The number of ketones is 2. The monoisotopic (exact) mass is 622 g/mol. The molecule has 0 saturated carbocycles. The molecule has 15 heteroatoms. The summed E-state index contributed by atoms with van der Waals surface area (Å²) in [5.74, 6) is -9.50. The number of rotatable bonds is 5. The van der Waals surface area contributed by atoms with Gasteiger partial charge in [-0.05, 0) is 56.5 Å². The van der Waals surface area contributed by atoms with Crippen LogP contribution >= 0.6 is 0 Å². The van der Waals surface area contributed by atoms with E-state index in [1.165, 1.54) is 25.9 Å². The number of allylic oxidation sites excluding steroid dienone is 1. The number of likely N-dealkylation sites (N-methyl/N-ethyl adjacent to an activating group) is 1. The van der Waals surface area contributed by atoms with E-state index in [1.54, 1.807) is 4.90 Å². The van der Waals surface area contributed by atoms with Gasteiger partial charge in [0.15, 0.2) is 11.4 Å². The summed E-state index contributed by atoms with van der Waals surface area (Å²) in [6, 6.07) is -0.674. The quantitative estimate of drug-likeness (QED) is 0.257. The van der Waals surface area contributed by atoms with E-state index in [-0.39, 0.29) is 37.0 Å². The van der Waals surface area contributed by atoms with E-state index in [1.807, 2.05) is 0 Å². The number of hydrogen-bond acceptors (Lipinski definition) is 10. The molecule has 3 aliphatic carbocycles. The number of phenols is 1. The van der Waals surface area contributed by atoms with Crippen LogP contribution in [0.4, 0.5) is 13.2 Å². The molecule has 0 bridgehead atoms. The van der Waals surface area contributed by atoms with Crippen LogP contribution in [-0.2, 0) is 33.5 Å². The molecular weight excluding hydrogens is 589 g/mol. The normalized spacial score (nSPS) is 29.1. The van der Waals surface area contributed by atoms with Crippen LogP contribution < -0.4 is 11.1 Å². The van der Waals surface area contributed by atoms with Crippen molar-refractivity contribution >= 4 is 23.4 Å². The number of nitrogens with zero attached hydrogens (tertiary/aromatic N) is 2. The second kappa shape index (κ2) is 10.6. The van der Waals surface area contributed by atoms with E-state index in [9.17, 15) is 52.8 Å². The Balaban J connectivity index is 1.63. The molecule has 1 heterocycles. The number of Topliss-reactive ketones (excluding diaryl/α,β-unsaturated/α-hetero) is 2. The summed E-state index contributed by atoms with van der Waals surface area (Å²) < 4.78 is 44.2. The molecule has 44 heavy (non-hydrogen) atoms. The third-order valence-electron chi connectivity index (χ3n) is 9.16. The van der Waals surface area contributed by atoms with Crippen LogP contribution in [0, 0.1) is 11.8 Å². The fraction of sp³-hybridized carbons (Fsp3) is 0.517. The van der Waals surface area contributed by atoms with Crippen molar-refractivity contribution in [3.8, 4) is 5.75 Å². The van der Waals surface area contributed by atoms with Crippen molar-refractivity contribution in [2.45, 2.75) is 56.6 Å². The van der Waals surface area contributed by atoms with Gasteiger partial charge >= 0.3 is 6.18 Å². The zero-order chi connectivity index (χ0) is 32.6. The van der Waals surface area contributed by atoms with Gasteiger partial charge in [0.2, 0.25) is 11.7 Å². The molecule has 1 fully saturated rings. The van der Waals surface area contributed by atoms with Gasteiger partial charge in [-0.2, -0.15) is 13.2 Å². The number of primary amides is 1. The maximum atomic E-state index is 14.7. The second-order valence-electron chi connectivity index (χ2n) is 12.2. The average molecular weight is 623 g/mol. The molecular formula is C29H33F3N4O8. The number of aliphatic hydroxyl groups excluding tert-OH is 2. The van der Waals surface area contributed by atoms with Crippen molar-refractivity contribution in [3.05, 3.63) is 51.0 Å². The molecule has 7 N–H and O–H groups in total. The molecule has 12 nitrogen and oxygen atoms in total. The lowest BCUT2D eigenvalue weighted by Crippen LogP contribution is -2.63. The second-order valence-corrected chi connectivity index (χ2v) is 12.2. The molecule has 5 atom stereocenters. The Morgan fingerprint density at radius 2 is 1.86 bits per heavy atom. The summed E-state index contributed by atoms with van der Waals surface area (Å²) in [6.45, 7) is 1.77. The number of hydrogen-bond donors (Lipinski definition) is 6. The van der Waals surface area contributed by atoms with E-state index >= 15 is 0 Å². The van der Waals surface area contributed by atoms with Crippen molar-refractivity contribution in [2.24, 2.45) is 17.6 Å². The van der Waals surface area contributed by atoms with Gasteiger partial charge in [0.1, 0.15) is 22.8 Å². The molecule has 0 unspecified atom stereocenters. The number of benzene rings is 1. The van der Waals surface area contributed by atoms with Gasteiger partial charge in [-0.15, -0.1) is 0 Å². The minimum Gasteiger partial charge on any atom is -0.510 e. The first-order chi connectivity index (χ1) is 20.4. The Morgan fingerprint density at radius 3 is 2.43 bits per heavy atom. The van der Waals surface area contributed by atoms with E-state index in [0.29, 0.717) is 13.0 Å². The van der Waals surface area contributed by atoms with Crippen LogP contribution in [0.3, 0.4) is 0 Å². The van der Waals surface area contributed by atoms with Crippen molar-refractivity contribution < 1.29 is 52.8 Å². The largest absolute Gasteiger partial charge is 0.510 e. The van der Waals surface area contributed by atoms with Gasteiger partial charge in [-0.3, -0.25) is 29.0 Å². The van der Waals surface area contributed by atoms with Crippen molar-refractivity contribution in [2.75, 3.05) is 27.2 Å². The Bertz CT molecular complexity index is 1550. The number of aliphatic hydroxyl groups is 3. The zero-order valence-electron chi connectivity index (χ0n) is 24.2. The number of halogens is 3. The molecule has 2 amide bonds. The third kappa shape index (κ3) is 4.73. The number of amides is 2. The molecule has 1 aromatic rings. The highest BCUT2D eigenvalue weighted by Crippen LogP contribution is 2.54. The maximum absolute atomic E-state index is 14.7. The van der Waals surface area contributed by atoms with Gasteiger partial charge in [-0.25, -0.2) is 0 Å². The number of carbonyl (C=O) groups excluding carboxylic acids is 4. The lowest BCUT2D eigenvalue weighted by molar-refractivity contribution is -0.148. The summed E-state index contributed by atoms with van der Waals surface area (Å²) in [7, 11) is 2.91. The molecule has 238 valence electrons. The summed E-state index contributed by atoms with van der Waals surface area (Å²) in [4.78, 5) is 53.7. The molecule has 1 saturated heterocycles. The fourth-order valence-electron chi connectivity index (χ4n) is 7.49. The number of carbonyl (C=O) groups is 4. The number of aromatic hydroxyl groups is 1. The standard InChI is InChI=1S/C29H33F3N4O8/c1-11(37)34-14-4-5-36(10-14)9-13-8-17(38)19-15(21(13)29(30,31)32)6-12-7-16-22(35(2)3)24(40)20(27(33)43)26(42)28(16,44)25(41)18(12)23(19)39/h8,12,14,16,22,38,40-41,44H,4-7,9-10H2,1-3H3,(H2,33,43)(H,34,37)/t12-,14-,16-,22-,28-/m0/s1. The predicted molar refractivity (Wildman–Crippen MR) is 146 cm³/mol. The van der Waals surface area contributed by atoms with Gasteiger partial charge in [0.05, 0.1) is 17.2 Å². The minimum atomic E-state index is -4.95. The summed E-state index contributed by atoms with van der Waals surface area (Å²) in [5.41, 5.74) is -1.69. The number of phenolic OH excluding ortho intramolecular Hbond substituents is 1. The first kappa shape index (κ1) is 31.5. The Morgan fingerprint density at radius 1 is 1.20 bits per heavy atom. The first-order valence-electron chi connectivity index (χ1n) is 14.0. The number of nitrogens with two attached hydrogens (primary N) is 1. The number of alkyl halides is 3. The predicted octanol–water partition coefficient (Wildman–Crippen LogP) is 0.850. The van der Waals surface area contributed by atoms with E-state index in [4.69, 9.17) is 5.73 Å². The zero-order valence-corrected chi connectivity index (χ0v) is 24.2. The lowest BCUT2D eigenvalue weighted by atomic mass is 9.58. The van der Waals surface area contributed by atoms with Crippen molar-refractivity contribution in [1.82, 2.24) is 15.1 Å². The minimum absolute atomic E-state index is 0.229. The molecule has 4 aliphatic rings. The van der Waals surface area contributed by atoms with Crippen molar-refractivity contribution in [1.29, 1.82) is 0 Å². The Labute approximate surface area is 249 Å². The van der Waals surface area contributed by atoms with Crippen LogP contribution in [0.1, 0.15) is 46.8 Å². The number of fused-ring (bicyclic) bond motifs is 3. The Kier molecular flexibility index (Phi) is 7.58. The highest BCUT2D eigenvalue weighted by Gasteiger charge is 2.63. The summed E-state index contributed by atoms with van der Waals surface area (Å²) in [6.07, 6.45) is -5.26. The van der Waals surface area contributed by atoms with Crippen LogP contribution in [0.5, 0.6) is 5.75 Å². The third-order valence-corrected chi connectivity index (χ3v) is 9.16. The maximum Gasteiger partial charge on any atom is 0.417 e. The average Bonchev–Trinajstić information content (AvgIpc) is 3.30. The number of nitrogens with one attached hydrogen (secondary N) is 1. The molecule has 1 aromatic carbocycles. The summed E-state index contributed by atoms with van der Waals surface area (Å²) in [5, 5.41) is 47.5. The topological polar surface area (TPSA) is 194 Å². The van der Waals surface area contributed by atoms with Crippen LogP contribution in [0.15, 0.2) is 28.7 Å². The molecule has 0 radical (unpaired) electrons. The summed E-state index contributed by atoms with van der Waals surface area (Å²) >= 11 is 0. The Hall–Kier alpha value is -3.95. The molecule has 0 spiro atoms.